The molecule has 0 bridgehead atoms. The summed E-state index contributed by atoms with van der Waals surface area (Å²) in [4.78, 5) is 0. The fourth-order valence-corrected chi connectivity index (χ4v) is 2.87. The number of halogens is 2. The van der Waals surface area contributed by atoms with Gasteiger partial charge in [0.05, 0.1) is 11.5 Å². The van der Waals surface area contributed by atoms with Crippen molar-refractivity contribution in [3.63, 3.8) is 0 Å². The molecule has 0 radical (unpaired) electrons. The minimum Gasteiger partial charge on any atom is -0.376 e. The van der Waals surface area contributed by atoms with E-state index in [4.69, 9.17) is 16.3 Å². The summed E-state index contributed by atoms with van der Waals surface area (Å²) in [7, 11) is 0. The van der Waals surface area contributed by atoms with E-state index in [1.54, 1.807) is 13.8 Å². The summed E-state index contributed by atoms with van der Waals surface area (Å²) in [5, 5.41) is -0.189. The molecule has 1 aromatic carbocycles. The molecule has 17 heavy (non-hydrogen) atoms. The molecular weight excluding hydrogens is 239 g/mol. The SMILES string of the molecule is Cc1cc(C(Cl)C2OCCC2C)cc(C)c1F. The molecule has 0 amide bonds. The average Bonchev–Trinajstić information content (AvgIpc) is 2.70. The van der Waals surface area contributed by atoms with Gasteiger partial charge in [0, 0.05) is 6.61 Å². The lowest BCUT2D eigenvalue weighted by Gasteiger charge is -2.22. The summed E-state index contributed by atoms with van der Waals surface area (Å²) in [5.41, 5.74) is 2.26. The highest BCUT2D eigenvalue weighted by Gasteiger charge is 2.32. The number of alkyl halides is 1. The molecule has 1 saturated heterocycles. The first-order valence-electron chi connectivity index (χ1n) is 6.03. The van der Waals surface area contributed by atoms with Crippen molar-refractivity contribution in [2.24, 2.45) is 5.92 Å². The molecule has 1 aliphatic heterocycles. The Balaban J connectivity index is 2.27. The van der Waals surface area contributed by atoms with Crippen LogP contribution in [0.15, 0.2) is 12.1 Å². The van der Waals surface area contributed by atoms with E-state index >= 15 is 0 Å². The summed E-state index contributed by atoms with van der Waals surface area (Å²) in [6.45, 7) is 6.47. The standard InChI is InChI=1S/C14H18ClFO/c1-8-4-5-17-14(8)12(15)11-6-9(2)13(16)10(3)7-11/h6-8,12,14H,4-5H2,1-3H3. The molecule has 1 nitrogen and oxygen atoms in total. The number of hydrogen-bond donors (Lipinski definition) is 0. The second-order valence-corrected chi connectivity index (χ2v) is 5.44. The normalized spacial score (nSPS) is 26.2. The first-order valence-corrected chi connectivity index (χ1v) is 6.46. The highest BCUT2D eigenvalue weighted by molar-refractivity contribution is 6.21. The molecular formula is C14H18ClFO. The molecule has 3 heteroatoms. The highest BCUT2D eigenvalue weighted by atomic mass is 35.5. The second-order valence-electron chi connectivity index (χ2n) is 4.97. The van der Waals surface area contributed by atoms with Gasteiger partial charge in [0.15, 0.2) is 0 Å². The maximum Gasteiger partial charge on any atom is 0.129 e. The zero-order valence-electron chi connectivity index (χ0n) is 10.5. The molecule has 0 aromatic heterocycles. The van der Waals surface area contributed by atoms with E-state index in [0.29, 0.717) is 17.0 Å². The predicted molar refractivity (Wildman–Crippen MR) is 68.0 cm³/mol. The first-order chi connectivity index (χ1) is 8.00. The number of rotatable bonds is 2. The van der Waals surface area contributed by atoms with Crippen LogP contribution in [0, 0.1) is 25.6 Å². The lowest BCUT2D eigenvalue weighted by Crippen LogP contribution is -2.19. The summed E-state index contributed by atoms with van der Waals surface area (Å²) < 4.78 is 19.2. The van der Waals surface area contributed by atoms with E-state index < -0.39 is 0 Å². The van der Waals surface area contributed by atoms with Gasteiger partial charge in [-0.2, -0.15) is 0 Å². The van der Waals surface area contributed by atoms with Gasteiger partial charge in [0.25, 0.3) is 0 Å². The smallest absolute Gasteiger partial charge is 0.129 e. The molecule has 94 valence electrons. The van der Waals surface area contributed by atoms with Gasteiger partial charge in [-0.3, -0.25) is 0 Å². The Kier molecular flexibility index (Phi) is 3.74. The van der Waals surface area contributed by atoms with Crippen molar-refractivity contribution in [3.05, 3.63) is 34.6 Å². The maximum atomic E-state index is 13.6. The van der Waals surface area contributed by atoms with Crippen LogP contribution in [0.25, 0.3) is 0 Å². The topological polar surface area (TPSA) is 9.23 Å². The third-order valence-electron chi connectivity index (χ3n) is 3.51. The Bertz CT molecular complexity index is 396. The minimum absolute atomic E-state index is 0.0425. The Morgan fingerprint density at radius 1 is 1.35 bits per heavy atom. The zero-order valence-corrected chi connectivity index (χ0v) is 11.2. The molecule has 0 N–H and O–H groups in total. The van der Waals surface area contributed by atoms with E-state index in [0.717, 1.165) is 18.6 Å². The van der Waals surface area contributed by atoms with Gasteiger partial charge < -0.3 is 4.74 Å². The van der Waals surface area contributed by atoms with E-state index in [-0.39, 0.29) is 17.3 Å². The monoisotopic (exact) mass is 256 g/mol. The van der Waals surface area contributed by atoms with E-state index in [1.165, 1.54) is 0 Å². The molecule has 0 spiro atoms. The number of ether oxygens (including phenoxy) is 1. The Hall–Kier alpha value is -0.600. The number of hydrogen-bond acceptors (Lipinski definition) is 1. The predicted octanol–water partition coefficient (Wildman–Crippen LogP) is 4.15. The van der Waals surface area contributed by atoms with Crippen molar-refractivity contribution in [3.8, 4) is 0 Å². The first kappa shape index (κ1) is 12.8. The van der Waals surface area contributed by atoms with Crippen LogP contribution in [0.1, 0.15) is 35.4 Å². The third-order valence-corrected chi connectivity index (χ3v) is 4.01. The van der Waals surface area contributed by atoms with Crippen LogP contribution in [0.5, 0.6) is 0 Å². The van der Waals surface area contributed by atoms with E-state index in [9.17, 15) is 4.39 Å². The molecule has 0 saturated carbocycles. The van der Waals surface area contributed by atoms with Gasteiger partial charge in [-0.25, -0.2) is 4.39 Å². The lowest BCUT2D eigenvalue weighted by atomic mass is 9.95. The van der Waals surface area contributed by atoms with Crippen molar-refractivity contribution in [2.45, 2.75) is 38.7 Å². The molecule has 1 heterocycles. The fraction of sp³-hybridized carbons (Fsp3) is 0.571. The average molecular weight is 257 g/mol. The van der Waals surface area contributed by atoms with Crippen molar-refractivity contribution >= 4 is 11.6 Å². The molecule has 2 rings (SSSR count). The molecule has 1 fully saturated rings. The molecule has 1 aliphatic rings. The number of aryl methyl sites for hydroxylation is 2. The van der Waals surface area contributed by atoms with Gasteiger partial charge in [-0.1, -0.05) is 19.1 Å². The molecule has 0 aliphatic carbocycles. The van der Waals surface area contributed by atoms with Crippen molar-refractivity contribution < 1.29 is 9.13 Å². The van der Waals surface area contributed by atoms with Crippen molar-refractivity contribution in [1.82, 2.24) is 0 Å². The Labute approximate surface area is 107 Å². The van der Waals surface area contributed by atoms with Gasteiger partial charge in [-0.15, -0.1) is 11.6 Å². The van der Waals surface area contributed by atoms with Crippen molar-refractivity contribution in [2.75, 3.05) is 6.61 Å². The van der Waals surface area contributed by atoms with Crippen LogP contribution in [0.3, 0.4) is 0 Å². The van der Waals surface area contributed by atoms with E-state index in [1.807, 2.05) is 12.1 Å². The van der Waals surface area contributed by atoms with Crippen LogP contribution in [-0.4, -0.2) is 12.7 Å². The van der Waals surface area contributed by atoms with Crippen molar-refractivity contribution in [1.29, 1.82) is 0 Å². The minimum atomic E-state index is -0.189. The quantitative estimate of drug-likeness (QED) is 0.723. The van der Waals surface area contributed by atoms with Gasteiger partial charge in [0.1, 0.15) is 5.82 Å². The summed E-state index contributed by atoms with van der Waals surface area (Å²) in [6.07, 6.45) is 1.09. The van der Waals surface area contributed by atoms with Gasteiger partial charge >= 0.3 is 0 Å². The Morgan fingerprint density at radius 3 is 2.41 bits per heavy atom. The third kappa shape index (κ3) is 2.48. The summed E-state index contributed by atoms with van der Waals surface area (Å²) in [5.74, 6) is 0.321. The van der Waals surface area contributed by atoms with E-state index in [2.05, 4.69) is 6.92 Å². The molecule has 3 unspecified atom stereocenters. The van der Waals surface area contributed by atoms with Crippen LogP contribution >= 0.6 is 11.6 Å². The second kappa shape index (κ2) is 4.95. The summed E-state index contributed by atoms with van der Waals surface area (Å²) in [6, 6.07) is 3.66. The lowest BCUT2D eigenvalue weighted by molar-refractivity contribution is 0.0903. The number of benzene rings is 1. The van der Waals surface area contributed by atoms with Crippen LogP contribution in [-0.2, 0) is 4.74 Å². The zero-order chi connectivity index (χ0) is 12.6. The van der Waals surface area contributed by atoms with Crippen LogP contribution in [0.4, 0.5) is 4.39 Å². The summed E-state index contributed by atoms with van der Waals surface area (Å²) >= 11 is 6.46. The molecule has 1 aromatic rings. The van der Waals surface area contributed by atoms with Crippen LogP contribution in [0.2, 0.25) is 0 Å². The molecule has 3 atom stereocenters. The highest BCUT2D eigenvalue weighted by Crippen LogP contribution is 2.36. The van der Waals surface area contributed by atoms with Gasteiger partial charge in [0.2, 0.25) is 0 Å². The largest absolute Gasteiger partial charge is 0.376 e. The fourth-order valence-electron chi connectivity index (χ4n) is 2.42. The Morgan fingerprint density at radius 2 is 1.94 bits per heavy atom. The maximum absolute atomic E-state index is 13.6. The van der Waals surface area contributed by atoms with Gasteiger partial charge in [-0.05, 0) is 42.9 Å². The van der Waals surface area contributed by atoms with Crippen LogP contribution < -0.4 is 0 Å².